The maximum Gasteiger partial charge on any atom is 0.262 e. The number of hydrogen-bond donors (Lipinski definition) is 2. The minimum absolute atomic E-state index is 0.0283. The number of amides is 2. The molecular weight excluding hydrogens is 378 g/mol. The Kier molecular flexibility index (Phi) is 4.29. The number of carbonyl (C=O) groups excluding carboxylic acids is 2. The van der Waals surface area contributed by atoms with Crippen molar-refractivity contribution in [1.82, 2.24) is 14.5 Å². The molecule has 2 amide bonds. The molecular formula is C24H21N3O3. The Hall–Kier alpha value is -3.64. The highest BCUT2D eigenvalue weighted by Gasteiger charge is 2.41. The average molecular weight is 399 g/mol. The van der Waals surface area contributed by atoms with Crippen LogP contribution in [0.1, 0.15) is 18.1 Å². The van der Waals surface area contributed by atoms with Gasteiger partial charge >= 0.3 is 0 Å². The number of β-amino-alcohol motifs (C(OH)–C–C–N with tert-alkyl or cyclic N) is 1. The molecule has 0 radical (unpaired) electrons. The fourth-order valence-electron chi connectivity index (χ4n) is 4.36. The Morgan fingerprint density at radius 3 is 2.30 bits per heavy atom. The highest BCUT2D eigenvalue weighted by molar-refractivity contribution is 6.50. The van der Waals surface area contributed by atoms with Gasteiger partial charge in [-0.2, -0.15) is 0 Å². The lowest BCUT2D eigenvalue weighted by Crippen LogP contribution is -2.34. The van der Waals surface area contributed by atoms with E-state index in [2.05, 4.69) is 9.55 Å². The normalized spacial score (nSPS) is 14.7. The number of aromatic amines is 1. The van der Waals surface area contributed by atoms with Gasteiger partial charge in [0.15, 0.2) is 0 Å². The molecule has 1 aliphatic rings. The van der Waals surface area contributed by atoms with Gasteiger partial charge in [-0.1, -0.05) is 36.4 Å². The highest BCUT2D eigenvalue weighted by atomic mass is 16.3. The second kappa shape index (κ2) is 7.00. The number of aryl methyl sites for hydroxylation is 1. The number of nitrogens with one attached hydrogen (secondary N) is 1. The molecule has 0 saturated heterocycles. The van der Waals surface area contributed by atoms with Gasteiger partial charge in [-0.05, 0) is 19.1 Å². The van der Waals surface area contributed by atoms with E-state index in [0.29, 0.717) is 16.7 Å². The number of benzene rings is 2. The van der Waals surface area contributed by atoms with Gasteiger partial charge in [-0.3, -0.25) is 14.5 Å². The van der Waals surface area contributed by atoms with Crippen LogP contribution >= 0.6 is 0 Å². The van der Waals surface area contributed by atoms with Crippen molar-refractivity contribution in [3.8, 4) is 0 Å². The number of carbonyl (C=O) groups is 2. The van der Waals surface area contributed by atoms with E-state index in [0.717, 1.165) is 38.8 Å². The molecule has 0 aliphatic carbocycles. The molecule has 2 aromatic heterocycles. The number of imide groups is 1. The zero-order valence-corrected chi connectivity index (χ0v) is 16.6. The smallest absolute Gasteiger partial charge is 0.262 e. The first-order chi connectivity index (χ1) is 14.7. The quantitative estimate of drug-likeness (QED) is 0.505. The minimum atomic E-state index is -0.373. The Labute approximate surface area is 173 Å². The van der Waals surface area contributed by atoms with E-state index in [1.807, 2.05) is 61.7 Å². The van der Waals surface area contributed by atoms with Crippen molar-refractivity contribution in [2.75, 3.05) is 13.2 Å². The first-order valence-corrected chi connectivity index (χ1v) is 10.0. The standard InChI is InChI=1S/C24H21N3O3/c1-2-26-14-18(16-8-4-6-10-20(16)26)22-21(23(29)27(11-12-28)24(22)30)17-13-25-19-9-5-3-7-15(17)19/h3-10,13-14,25,28H,2,11-12H2,1H3. The van der Waals surface area contributed by atoms with Crippen molar-refractivity contribution in [3.63, 3.8) is 0 Å². The van der Waals surface area contributed by atoms with E-state index < -0.39 is 0 Å². The lowest BCUT2D eigenvalue weighted by Gasteiger charge is -2.12. The number of fused-ring (bicyclic) bond motifs is 2. The summed E-state index contributed by atoms with van der Waals surface area (Å²) in [6, 6.07) is 15.6. The van der Waals surface area contributed by atoms with E-state index in [1.54, 1.807) is 6.20 Å². The largest absolute Gasteiger partial charge is 0.395 e. The number of hydrogen-bond acceptors (Lipinski definition) is 3. The lowest BCUT2D eigenvalue weighted by atomic mass is 9.95. The van der Waals surface area contributed by atoms with Crippen molar-refractivity contribution in [2.24, 2.45) is 0 Å². The Morgan fingerprint density at radius 1 is 0.900 bits per heavy atom. The summed E-state index contributed by atoms with van der Waals surface area (Å²) in [5.41, 5.74) is 4.13. The Morgan fingerprint density at radius 2 is 1.57 bits per heavy atom. The zero-order chi connectivity index (χ0) is 20.8. The van der Waals surface area contributed by atoms with E-state index in [-0.39, 0.29) is 25.0 Å². The zero-order valence-electron chi connectivity index (χ0n) is 16.6. The van der Waals surface area contributed by atoms with E-state index >= 15 is 0 Å². The van der Waals surface area contributed by atoms with Crippen molar-refractivity contribution >= 4 is 44.8 Å². The van der Waals surface area contributed by atoms with Crippen LogP contribution in [-0.2, 0) is 16.1 Å². The molecule has 1 aliphatic heterocycles. The summed E-state index contributed by atoms with van der Waals surface area (Å²) < 4.78 is 2.08. The number of nitrogens with zero attached hydrogens (tertiary/aromatic N) is 2. The average Bonchev–Trinajstić information content (AvgIpc) is 3.42. The fraction of sp³-hybridized carbons (Fsp3) is 0.167. The summed E-state index contributed by atoms with van der Waals surface area (Å²) in [5, 5.41) is 11.3. The van der Waals surface area contributed by atoms with E-state index in [4.69, 9.17) is 0 Å². The van der Waals surface area contributed by atoms with Gasteiger partial charge in [0.2, 0.25) is 0 Å². The van der Waals surface area contributed by atoms with E-state index in [9.17, 15) is 14.7 Å². The number of aromatic nitrogens is 2. The van der Waals surface area contributed by atoms with Gasteiger partial charge in [0.05, 0.1) is 24.3 Å². The monoisotopic (exact) mass is 399 g/mol. The van der Waals surface area contributed by atoms with Crippen LogP contribution in [0.15, 0.2) is 60.9 Å². The molecule has 0 unspecified atom stereocenters. The van der Waals surface area contributed by atoms with Crippen LogP contribution in [0.25, 0.3) is 33.0 Å². The number of rotatable bonds is 5. The van der Waals surface area contributed by atoms with Crippen molar-refractivity contribution in [3.05, 3.63) is 72.1 Å². The summed E-state index contributed by atoms with van der Waals surface area (Å²) in [4.78, 5) is 31.1. The fourth-order valence-corrected chi connectivity index (χ4v) is 4.36. The highest BCUT2D eigenvalue weighted by Crippen LogP contribution is 2.41. The third-order valence-corrected chi connectivity index (χ3v) is 5.75. The molecule has 2 N–H and O–H groups in total. The van der Waals surface area contributed by atoms with Crippen molar-refractivity contribution < 1.29 is 14.7 Å². The van der Waals surface area contributed by atoms with Gasteiger partial charge in [0, 0.05) is 51.9 Å². The molecule has 4 aromatic rings. The molecule has 0 fully saturated rings. The lowest BCUT2D eigenvalue weighted by molar-refractivity contribution is -0.136. The van der Waals surface area contributed by atoms with Gasteiger partial charge < -0.3 is 14.7 Å². The molecule has 0 spiro atoms. The summed E-state index contributed by atoms with van der Waals surface area (Å²) in [5.74, 6) is -0.740. The topological polar surface area (TPSA) is 78.3 Å². The summed E-state index contributed by atoms with van der Waals surface area (Å²) in [7, 11) is 0. The molecule has 3 heterocycles. The third-order valence-electron chi connectivity index (χ3n) is 5.75. The molecule has 30 heavy (non-hydrogen) atoms. The predicted octanol–water partition coefficient (Wildman–Crippen LogP) is 3.41. The second-order valence-electron chi connectivity index (χ2n) is 7.33. The summed E-state index contributed by atoms with van der Waals surface area (Å²) in [6.45, 7) is 2.49. The molecule has 2 aromatic carbocycles. The number of para-hydroxylation sites is 2. The maximum atomic E-state index is 13.4. The SMILES string of the molecule is CCn1cc(C2=C(c3c[nH]c4ccccc34)C(=O)N(CCO)C2=O)c2ccccc21. The molecule has 6 nitrogen and oxygen atoms in total. The van der Waals surface area contributed by atoms with E-state index in [1.165, 1.54) is 0 Å². The van der Waals surface area contributed by atoms with Crippen LogP contribution in [0.3, 0.4) is 0 Å². The van der Waals surface area contributed by atoms with Gasteiger partial charge in [-0.25, -0.2) is 0 Å². The van der Waals surface area contributed by atoms with Gasteiger partial charge in [0.25, 0.3) is 11.8 Å². The second-order valence-corrected chi connectivity index (χ2v) is 7.33. The number of aliphatic hydroxyl groups excluding tert-OH is 1. The van der Waals surface area contributed by atoms with Crippen molar-refractivity contribution in [2.45, 2.75) is 13.5 Å². The molecule has 5 rings (SSSR count). The molecule has 0 bridgehead atoms. The van der Waals surface area contributed by atoms with Gasteiger partial charge in [0.1, 0.15) is 0 Å². The minimum Gasteiger partial charge on any atom is -0.395 e. The summed E-state index contributed by atoms with van der Waals surface area (Å²) in [6.07, 6.45) is 3.73. The molecule has 150 valence electrons. The first-order valence-electron chi connectivity index (χ1n) is 10.0. The predicted molar refractivity (Wildman–Crippen MR) is 117 cm³/mol. The van der Waals surface area contributed by atoms with Crippen LogP contribution in [0.5, 0.6) is 0 Å². The number of H-pyrrole nitrogens is 1. The number of aliphatic hydroxyl groups is 1. The Bertz CT molecular complexity index is 1340. The van der Waals surface area contributed by atoms with Crippen LogP contribution in [0, 0.1) is 0 Å². The Balaban J connectivity index is 1.84. The van der Waals surface area contributed by atoms with Crippen LogP contribution < -0.4 is 0 Å². The molecule has 6 heteroatoms. The van der Waals surface area contributed by atoms with Crippen molar-refractivity contribution in [1.29, 1.82) is 0 Å². The van der Waals surface area contributed by atoms with Crippen LogP contribution in [0.2, 0.25) is 0 Å². The molecule has 0 saturated carbocycles. The van der Waals surface area contributed by atoms with Crippen LogP contribution in [0.4, 0.5) is 0 Å². The van der Waals surface area contributed by atoms with Crippen LogP contribution in [-0.4, -0.2) is 44.5 Å². The first kappa shape index (κ1) is 18.4. The third kappa shape index (κ3) is 2.54. The maximum absolute atomic E-state index is 13.4. The molecule has 0 atom stereocenters. The summed E-state index contributed by atoms with van der Waals surface area (Å²) >= 11 is 0. The van der Waals surface area contributed by atoms with Gasteiger partial charge in [-0.15, -0.1) is 0 Å².